The highest BCUT2D eigenvalue weighted by atomic mass is 79.9. The van der Waals surface area contributed by atoms with Crippen molar-refractivity contribution in [2.75, 3.05) is 11.9 Å². The average molecular weight is 512 g/mol. The molecule has 0 bridgehead atoms. The molecule has 2 aromatic carbocycles. The Hall–Kier alpha value is -2.64. The molecule has 1 aliphatic rings. The summed E-state index contributed by atoms with van der Waals surface area (Å²) in [6.07, 6.45) is 1.86. The lowest BCUT2D eigenvalue weighted by molar-refractivity contribution is -0.133. The van der Waals surface area contributed by atoms with Crippen LogP contribution in [0.2, 0.25) is 0 Å². The number of carbonyl (C=O) groups is 2. The summed E-state index contributed by atoms with van der Waals surface area (Å²) in [7, 11) is 0. The van der Waals surface area contributed by atoms with Crippen molar-refractivity contribution in [1.29, 1.82) is 0 Å². The molecule has 1 aliphatic carbocycles. The predicted molar refractivity (Wildman–Crippen MR) is 133 cm³/mol. The Morgan fingerprint density at radius 1 is 1.03 bits per heavy atom. The van der Waals surface area contributed by atoms with Crippen molar-refractivity contribution in [3.05, 3.63) is 86.5 Å². The molecule has 0 spiro atoms. The molecule has 4 rings (SSSR count). The Bertz CT molecular complexity index is 1080. The summed E-state index contributed by atoms with van der Waals surface area (Å²) < 4.78 is 0.814. The quantitative estimate of drug-likeness (QED) is 0.400. The van der Waals surface area contributed by atoms with E-state index in [1.165, 1.54) is 10.4 Å². The van der Waals surface area contributed by atoms with Crippen molar-refractivity contribution in [3.8, 4) is 0 Å². The first-order chi connectivity index (χ1) is 15.5. The summed E-state index contributed by atoms with van der Waals surface area (Å²) in [5.74, 6) is -0.0455. The highest BCUT2D eigenvalue weighted by Gasteiger charge is 2.35. The zero-order valence-corrected chi connectivity index (χ0v) is 20.4. The van der Waals surface area contributed by atoms with E-state index in [1.54, 1.807) is 16.2 Å². The van der Waals surface area contributed by atoms with E-state index >= 15 is 0 Å². The van der Waals surface area contributed by atoms with Gasteiger partial charge in [0.15, 0.2) is 0 Å². The zero-order chi connectivity index (χ0) is 22.5. The molecule has 1 heterocycles. The van der Waals surface area contributed by atoms with Gasteiger partial charge in [0.05, 0.1) is 12.2 Å². The van der Waals surface area contributed by atoms with Crippen molar-refractivity contribution >= 4 is 44.9 Å². The van der Waals surface area contributed by atoms with Crippen LogP contribution in [0.25, 0.3) is 0 Å². The van der Waals surface area contributed by atoms with Crippen molar-refractivity contribution < 1.29 is 9.59 Å². The van der Waals surface area contributed by atoms with E-state index in [1.807, 2.05) is 59.5 Å². The van der Waals surface area contributed by atoms with Gasteiger partial charge in [-0.15, -0.1) is 11.3 Å². The lowest BCUT2D eigenvalue weighted by atomic mass is 10.2. The average Bonchev–Trinajstić information content (AvgIpc) is 3.55. The predicted octanol–water partition coefficient (Wildman–Crippen LogP) is 6.04. The summed E-state index contributed by atoms with van der Waals surface area (Å²) in [6, 6.07) is 19.4. The fourth-order valence-electron chi connectivity index (χ4n) is 3.52. The third-order valence-corrected chi connectivity index (χ3v) is 7.24. The minimum atomic E-state index is -0.236. The second kappa shape index (κ2) is 10.3. The molecule has 5 nitrogen and oxygen atoms in total. The summed E-state index contributed by atoms with van der Waals surface area (Å²) >= 11 is 5.13. The minimum absolute atomic E-state index is 0.0455. The standard InChI is InChI=1S/C25H26BrN3O2S/c1-18-13-14-32-23(18)16-28(15-19-7-3-2-4-8-19)24(30)17-29(20-11-12-20)25(31)27-22-10-6-5-9-21(22)26/h2-10,13-14,20H,11-12,15-17H2,1H3,(H,27,31). The summed E-state index contributed by atoms with van der Waals surface area (Å²) in [5.41, 5.74) is 2.96. The van der Waals surface area contributed by atoms with Crippen LogP contribution in [-0.2, 0) is 17.9 Å². The van der Waals surface area contributed by atoms with Crippen LogP contribution in [0.4, 0.5) is 10.5 Å². The third kappa shape index (κ3) is 5.78. The van der Waals surface area contributed by atoms with E-state index < -0.39 is 0 Å². The number of amides is 3. The second-order valence-corrected chi connectivity index (χ2v) is 9.89. The molecule has 1 fully saturated rings. The van der Waals surface area contributed by atoms with Crippen molar-refractivity contribution in [3.63, 3.8) is 0 Å². The lowest BCUT2D eigenvalue weighted by Gasteiger charge is -2.28. The van der Waals surface area contributed by atoms with E-state index in [4.69, 9.17) is 0 Å². The number of aryl methyl sites for hydroxylation is 1. The molecule has 3 amide bonds. The van der Waals surface area contributed by atoms with Crippen LogP contribution >= 0.6 is 27.3 Å². The maximum absolute atomic E-state index is 13.5. The largest absolute Gasteiger partial charge is 0.332 e. The second-order valence-electron chi connectivity index (χ2n) is 8.03. The van der Waals surface area contributed by atoms with Gasteiger partial charge in [-0.25, -0.2) is 4.79 Å². The van der Waals surface area contributed by atoms with Crippen LogP contribution in [0.5, 0.6) is 0 Å². The molecule has 7 heteroatoms. The molecule has 0 atom stereocenters. The van der Waals surface area contributed by atoms with E-state index in [-0.39, 0.29) is 24.5 Å². The van der Waals surface area contributed by atoms with Gasteiger partial charge < -0.3 is 15.1 Å². The molecule has 0 saturated heterocycles. The Morgan fingerprint density at radius 3 is 2.41 bits per heavy atom. The van der Waals surface area contributed by atoms with Crippen LogP contribution in [0.15, 0.2) is 70.5 Å². The first-order valence-electron chi connectivity index (χ1n) is 10.7. The van der Waals surface area contributed by atoms with Gasteiger partial charge in [0.25, 0.3) is 0 Å². The van der Waals surface area contributed by atoms with Crippen LogP contribution in [-0.4, -0.2) is 34.3 Å². The van der Waals surface area contributed by atoms with Crippen molar-refractivity contribution in [1.82, 2.24) is 9.80 Å². The number of para-hydroxylation sites is 1. The molecule has 1 aromatic heterocycles. The first-order valence-corrected chi connectivity index (χ1v) is 12.4. The number of rotatable bonds is 8. The molecule has 166 valence electrons. The Balaban J connectivity index is 1.50. The Morgan fingerprint density at radius 2 is 1.75 bits per heavy atom. The smallest absolute Gasteiger partial charge is 0.322 e. The van der Waals surface area contributed by atoms with Crippen molar-refractivity contribution in [2.24, 2.45) is 0 Å². The van der Waals surface area contributed by atoms with Crippen LogP contribution in [0, 0.1) is 6.92 Å². The van der Waals surface area contributed by atoms with Gasteiger partial charge in [0.2, 0.25) is 5.91 Å². The van der Waals surface area contributed by atoms with Gasteiger partial charge in [-0.05, 0) is 70.4 Å². The van der Waals surface area contributed by atoms with Gasteiger partial charge >= 0.3 is 6.03 Å². The lowest BCUT2D eigenvalue weighted by Crippen LogP contribution is -2.45. The fourth-order valence-corrected chi connectivity index (χ4v) is 4.83. The number of hydrogen-bond acceptors (Lipinski definition) is 3. The molecular weight excluding hydrogens is 486 g/mol. The maximum atomic E-state index is 13.5. The number of nitrogens with one attached hydrogen (secondary N) is 1. The summed E-state index contributed by atoms with van der Waals surface area (Å²) in [5, 5.41) is 5.00. The SMILES string of the molecule is Cc1ccsc1CN(Cc1ccccc1)C(=O)CN(C(=O)Nc1ccccc1Br)C1CC1. The third-order valence-electron chi connectivity index (χ3n) is 5.54. The Kier molecular flexibility index (Phi) is 7.27. The number of benzene rings is 2. The molecule has 1 N–H and O–H groups in total. The summed E-state index contributed by atoms with van der Waals surface area (Å²) in [4.78, 5) is 31.2. The number of urea groups is 1. The van der Waals surface area contributed by atoms with E-state index in [0.717, 1.165) is 22.9 Å². The van der Waals surface area contributed by atoms with Crippen LogP contribution in [0.3, 0.4) is 0 Å². The first kappa shape index (κ1) is 22.6. The number of anilines is 1. The number of nitrogens with zero attached hydrogens (tertiary/aromatic N) is 2. The zero-order valence-electron chi connectivity index (χ0n) is 18.0. The number of hydrogen-bond donors (Lipinski definition) is 1. The van der Waals surface area contributed by atoms with Gasteiger partial charge in [-0.2, -0.15) is 0 Å². The van der Waals surface area contributed by atoms with Crippen LogP contribution in [0.1, 0.15) is 28.8 Å². The maximum Gasteiger partial charge on any atom is 0.322 e. The fraction of sp³-hybridized carbons (Fsp3) is 0.280. The normalized spacial score (nSPS) is 12.9. The highest BCUT2D eigenvalue weighted by molar-refractivity contribution is 9.10. The Labute approximate surface area is 201 Å². The number of halogens is 1. The van der Waals surface area contributed by atoms with Gasteiger partial charge in [-0.1, -0.05) is 42.5 Å². The number of carbonyl (C=O) groups excluding carboxylic acids is 2. The number of thiophene rings is 1. The summed E-state index contributed by atoms with van der Waals surface area (Å²) in [6.45, 7) is 3.19. The minimum Gasteiger partial charge on any atom is -0.332 e. The molecule has 1 saturated carbocycles. The molecule has 0 unspecified atom stereocenters. The highest BCUT2D eigenvalue weighted by Crippen LogP contribution is 2.29. The molecular formula is C25H26BrN3O2S. The molecule has 32 heavy (non-hydrogen) atoms. The van der Waals surface area contributed by atoms with E-state index in [2.05, 4.69) is 39.6 Å². The van der Waals surface area contributed by atoms with E-state index in [9.17, 15) is 9.59 Å². The van der Waals surface area contributed by atoms with Crippen LogP contribution < -0.4 is 5.32 Å². The van der Waals surface area contributed by atoms with Gasteiger partial charge in [-0.3, -0.25) is 4.79 Å². The molecule has 0 radical (unpaired) electrons. The van der Waals surface area contributed by atoms with Crippen molar-refractivity contribution in [2.45, 2.75) is 38.9 Å². The van der Waals surface area contributed by atoms with Gasteiger partial charge in [0, 0.05) is 21.9 Å². The topological polar surface area (TPSA) is 52.7 Å². The molecule has 0 aliphatic heterocycles. The monoisotopic (exact) mass is 511 g/mol. The van der Waals surface area contributed by atoms with Gasteiger partial charge in [0.1, 0.15) is 6.54 Å². The van der Waals surface area contributed by atoms with E-state index in [0.29, 0.717) is 18.8 Å². The molecule has 3 aromatic rings.